The first-order valence-corrected chi connectivity index (χ1v) is 8.84. The molecule has 1 aliphatic heterocycles. The van der Waals surface area contributed by atoms with Crippen molar-refractivity contribution in [3.8, 4) is 0 Å². The monoisotopic (exact) mass is 349 g/mol. The molecule has 0 amide bonds. The molecule has 0 aliphatic carbocycles. The maximum Gasteiger partial charge on any atom is 0.498 e. The Labute approximate surface area is 151 Å². The number of para-hydroxylation sites is 1. The van der Waals surface area contributed by atoms with Gasteiger partial charge in [0.05, 0.1) is 16.6 Å². The van der Waals surface area contributed by atoms with Gasteiger partial charge in [-0.05, 0) is 39.8 Å². The zero-order chi connectivity index (χ0) is 18.3. The van der Waals surface area contributed by atoms with Crippen LogP contribution in [-0.4, -0.2) is 23.3 Å². The van der Waals surface area contributed by atoms with Crippen LogP contribution in [-0.2, 0) is 9.31 Å². The van der Waals surface area contributed by atoms with Gasteiger partial charge in [-0.1, -0.05) is 18.2 Å². The van der Waals surface area contributed by atoms with E-state index in [-0.39, 0.29) is 0 Å². The Balaban J connectivity index is 1.85. The molecule has 26 heavy (non-hydrogen) atoms. The first-order chi connectivity index (χ1) is 12.3. The van der Waals surface area contributed by atoms with Crippen LogP contribution in [0.5, 0.6) is 0 Å². The quantitative estimate of drug-likeness (QED) is 0.479. The van der Waals surface area contributed by atoms with Gasteiger partial charge in [-0.15, -0.1) is 0 Å². The third kappa shape index (κ3) is 2.03. The number of fused-ring (bicyclic) bond motifs is 5. The van der Waals surface area contributed by atoms with Crippen LogP contribution in [0.25, 0.3) is 33.0 Å². The molecule has 0 bridgehead atoms. The van der Waals surface area contributed by atoms with Crippen molar-refractivity contribution >= 4 is 45.6 Å². The lowest BCUT2D eigenvalue weighted by molar-refractivity contribution is 0.00578. The Morgan fingerprint density at radius 3 is 2.35 bits per heavy atom. The highest BCUT2D eigenvalue weighted by Gasteiger charge is 2.52. The van der Waals surface area contributed by atoms with E-state index in [0.29, 0.717) is 11.5 Å². The molecule has 3 heterocycles. The lowest BCUT2D eigenvalue weighted by atomic mass is 9.78. The molecule has 132 valence electrons. The minimum Gasteiger partial charge on any atom is -0.456 e. The number of hydrogen-bond donors (Lipinski definition) is 0. The highest BCUT2D eigenvalue weighted by Crippen LogP contribution is 2.39. The minimum absolute atomic E-state index is 0.428. The summed E-state index contributed by atoms with van der Waals surface area (Å²) in [7, 11) is -0.530. The predicted molar refractivity (Wildman–Crippen MR) is 102 cm³/mol. The van der Waals surface area contributed by atoms with Gasteiger partial charge < -0.3 is 18.1 Å². The van der Waals surface area contributed by atoms with Crippen molar-refractivity contribution in [2.45, 2.75) is 45.8 Å². The van der Waals surface area contributed by atoms with Crippen LogP contribution < -0.4 is 5.46 Å². The molecule has 2 aromatic carbocycles. The van der Waals surface area contributed by atoms with Gasteiger partial charge in [0, 0.05) is 17.8 Å². The smallest absolute Gasteiger partial charge is 0.456 e. The Morgan fingerprint density at radius 2 is 1.62 bits per heavy atom. The lowest BCUT2D eigenvalue weighted by Crippen LogP contribution is -2.41. The molecule has 5 nitrogen and oxygen atoms in total. The molecule has 1 fully saturated rings. The van der Waals surface area contributed by atoms with E-state index in [2.05, 4.69) is 4.98 Å². The van der Waals surface area contributed by atoms with Crippen molar-refractivity contribution in [2.75, 3.05) is 0 Å². The van der Waals surface area contributed by atoms with E-state index in [9.17, 15) is 0 Å². The first kappa shape index (κ1) is 15.9. The first-order valence-electron chi connectivity index (χ1n) is 8.84. The van der Waals surface area contributed by atoms with Crippen LogP contribution in [0.1, 0.15) is 33.6 Å². The van der Waals surface area contributed by atoms with Crippen LogP contribution >= 0.6 is 0 Å². The summed E-state index contributed by atoms with van der Waals surface area (Å²) in [5.74, 6) is 0.623. The molecule has 6 heteroatoms. The normalized spacial score (nSPS) is 19.2. The average Bonchev–Trinajstić information content (AvgIpc) is 3.17. The van der Waals surface area contributed by atoms with Crippen LogP contribution in [0.3, 0.4) is 0 Å². The third-order valence-corrected chi connectivity index (χ3v) is 5.65. The number of furan rings is 1. The van der Waals surface area contributed by atoms with Gasteiger partial charge in [0.2, 0.25) is 0 Å². The Hall–Kier alpha value is -2.31. The molecule has 0 atom stereocenters. The predicted octanol–water partition coefficient (Wildman–Crippen LogP) is 4.33. The fourth-order valence-corrected chi connectivity index (χ4v) is 3.56. The van der Waals surface area contributed by atoms with E-state index in [0.717, 1.165) is 32.9 Å². The zero-order valence-corrected chi connectivity index (χ0v) is 15.5. The molecule has 0 N–H and O–H groups in total. The standard InChI is InChI=1S/C20H20BNO4/c1-11-22-17-15(23-11)10-13(21-25-19(2,3)20(4,5)26-21)18-16(17)12-8-6-7-9-14(12)24-18/h6-10H,1-5H3. The van der Waals surface area contributed by atoms with E-state index >= 15 is 0 Å². The second kappa shape index (κ2) is 4.90. The number of rotatable bonds is 1. The number of aryl methyl sites for hydroxylation is 1. The SMILES string of the molecule is Cc1nc2c(cc(B3OC(C)(C)C(C)(C)O3)c3oc4ccccc4c32)o1. The molecule has 2 aromatic heterocycles. The lowest BCUT2D eigenvalue weighted by Gasteiger charge is -2.32. The molecule has 1 aliphatic rings. The number of nitrogens with zero attached hydrogens (tertiary/aromatic N) is 1. The summed E-state index contributed by atoms with van der Waals surface area (Å²) in [5, 5.41) is 1.96. The fourth-order valence-electron chi connectivity index (χ4n) is 3.56. The Bertz CT molecular complexity index is 1150. The summed E-state index contributed by atoms with van der Waals surface area (Å²) in [6.45, 7) is 10.0. The second-order valence-electron chi connectivity index (χ2n) is 7.94. The highest BCUT2D eigenvalue weighted by atomic mass is 16.7. The molecule has 0 spiro atoms. The average molecular weight is 349 g/mol. The topological polar surface area (TPSA) is 57.6 Å². The molecule has 0 unspecified atom stereocenters. The molecule has 0 radical (unpaired) electrons. The summed E-state index contributed by atoms with van der Waals surface area (Å²) in [5.41, 5.74) is 3.05. The molecule has 0 saturated carbocycles. The molecule has 4 aromatic rings. The number of aromatic nitrogens is 1. The van der Waals surface area contributed by atoms with Gasteiger partial charge in [-0.2, -0.15) is 0 Å². The second-order valence-corrected chi connectivity index (χ2v) is 7.94. The summed E-state index contributed by atoms with van der Waals surface area (Å²) >= 11 is 0. The number of benzene rings is 2. The largest absolute Gasteiger partial charge is 0.498 e. The molecule has 5 rings (SSSR count). The Kier molecular flexibility index (Phi) is 3.00. The van der Waals surface area contributed by atoms with E-state index < -0.39 is 18.3 Å². The van der Waals surface area contributed by atoms with E-state index in [1.165, 1.54) is 0 Å². The van der Waals surface area contributed by atoms with Crippen LogP contribution in [0.2, 0.25) is 0 Å². The van der Waals surface area contributed by atoms with Crippen molar-refractivity contribution in [2.24, 2.45) is 0 Å². The maximum atomic E-state index is 6.27. The Morgan fingerprint density at radius 1 is 0.923 bits per heavy atom. The summed E-state index contributed by atoms with van der Waals surface area (Å²) in [4.78, 5) is 4.58. The van der Waals surface area contributed by atoms with Crippen LogP contribution in [0.15, 0.2) is 39.2 Å². The van der Waals surface area contributed by atoms with Crippen molar-refractivity contribution < 1.29 is 18.1 Å². The van der Waals surface area contributed by atoms with Crippen molar-refractivity contribution in [3.05, 3.63) is 36.2 Å². The van der Waals surface area contributed by atoms with Crippen LogP contribution in [0, 0.1) is 6.92 Å². The van der Waals surface area contributed by atoms with Crippen molar-refractivity contribution in [1.29, 1.82) is 0 Å². The van der Waals surface area contributed by atoms with Crippen LogP contribution in [0.4, 0.5) is 0 Å². The van der Waals surface area contributed by atoms with Gasteiger partial charge >= 0.3 is 7.12 Å². The molecule has 1 saturated heterocycles. The summed E-state index contributed by atoms with van der Waals surface area (Å²) < 4.78 is 24.6. The highest BCUT2D eigenvalue weighted by molar-refractivity contribution is 6.65. The third-order valence-electron chi connectivity index (χ3n) is 5.65. The van der Waals surface area contributed by atoms with E-state index in [4.69, 9.17) is 18.1 Å². The summed E-state index contributed by atoms with van der Waals surface area (Å²) in [6.07, 6.45) is 0. The van der Waals surface area contributed by atoms with Crippen molar-refractivity contribution in [3.63, 3.8) is 0 Å². The van der Waals surface area contributed by atoms with Crippen molar-refractivity contribution in [1.82, 2.24) is 4.98 Å². The fraction of sp³-hybridized carbons (Fsp3) is 0.350. The van der Waals surface area contributed by atoms with Gasteiger partial charge in [0.15, 0.2) is 11.5 Å². The maximum absolute atomic E-state index is 6.27. The van der Waals surface area contributed by atoms with Gasteiger partial charge in [0.25, 0.3) is 0 Å². The van der Waals surface area contributed by atoms with Gasteiger partial charge in [-0.25, -0.2) is 4.98 Å². The van der Waals surface area contributed by atoms with Gasteiger partial charge in [-0.3, -0.25) is 0 Å². The number of oxazole rings is 1. The van der Waals surface area contributed by atoms with Gasteiger partial charge in [0.1, 0.15) is 16.7 Å². The molecular weight excluding hydrogens is 329 g/mol. The zero-order valence-electron chi connectivity index (χ0n) is 15.5. The summed E-state index contributed by atoms with van der Waals surface area (Å²) in [6, 6.07) is 9.89. The molecular formula is C20H20BNO4. The van der Waals surface area contributed by atoms with E-state index in [1.807, 2.05) is 65.0 Å². The van der Waals surface area contributed by atoms with E-state index in [1.54, 1.807) is 0 Å². The number of hydrogen-bond acceptors (Lipinski definition) is 5. The minimum atomic E-state index is -0.530.